The Balaban J connectivity index is 0.00000225. The van der Waals surface area contributed by atoms with Crippen LogP contribution in [-0.4, -0.2) is 20.3 Å². The van der Waals surface area contributed by atoms with E-state index in [1.165, 1.54) is 0 Å². The Bertz CT molecular complexity index is 318. The second-order valence-corrected chi connectivity index (χ2v) is 3.53. The fourth-order valence-electron chi connectivity index (χ4n) is 1.54. The molecule has 0 aromatic heterocycles. The lowest BCUT2D eigenvalue weighted by atomic mass is 10.0. The van der Waals surface area contributed by atoms with Gasteiger partial charge in [0.05, 0.1) is 14.2 Å². The maximum Gasteiger partial charge on any atom is 0.163 e. The van der Waals surface area contributed by atoms with E-state index in [2.05, 4.69) is 6.92 Å². The predicted molar refractivity (Wildman–Crippen MR) is 68.8 cm³/mol. The Morgan fingerprint density at radius 2 is 1.94 bits per heavy atom. The third kappa shape index (κ3) is 3.58. The van der Waals surface area contributed by atoms with Crippen LogP contribution in [0.3, 0.4) is 0 Å². The monoisotopic (exact) mass is 245 g/mol. The molecule has 0 bridgehead atoms. The summed E-state index contributed by atoms with van der Waals surface area (Å²) in [7, 11) is 3.29. The summed E-state index contributed by atoms with van der Waals surface area (Å²) in [5, 5.41) is 0. The highest BCUT2D eigenvalue weighted by Gasteiger charge is 2.11. The summed E-state index contributed by atoms with van der Waals surface area (Å²) in [6.07, 6.45) is 1.78. The zero-order valence-electron chi connectivity index (χ0n) is 10.0. The Kier molecular flexibility index (Phi) is 6.93. The van der Waals surface area contributed by atoms with E-state index in [1.54, 1.807) is 14.2 Å². The standard InChI is InChI=1S/C12H19NO2.ClH/c1-4-10(13)8-9-6-5-7-11(14-2)12(9)15-3;/h5-7,10H,4,8,13H2,1-3H3;1H. The molecule has 92 valence electrons. The van der Waals surface area contributed by atoms with Crippen molar-refractivity contribution in [3.05, 3.63) is 23.8 Å². The highest BCUT2D eigenvalue weighted by molar-refractivity contribution is 5.85. The molecule has 0 aliphatic carbocycles. The minimum Gasteiger partial charge on any atom is -0.493 e. The zero-order chi connectivity index (χ0) is 11.3. The van der Waals surface area contributed by atoms with Crippen LogP contribution >= 0.6 is 12.4 Å². The van der Waals surface area contributed by atoms with Gasteiger partial charge in [-0.15, -0.1) is 12.4 Å². The van der Waals surface area contributed by atoms with Gasteiger partial charge in [0.15, 0.2) is 11.5 Å². The van der Waals surface area contributed by atoms with Crippen LogP contribution in [0.5, 0.6) is 11.5 Å². The van der Waals surface area contributed by atoms with Crippen molar-refractivity contribution in [1.82, 2.24) is 0 Å². The van der Waals surface area contributed by atoms with Crippen molar-refractivity contribution in [1.29, 1.82) is 0 Å². The third-order valence-electron chi connectivity index (χ3n) is 2.49. The van der Waals surface area contributed by atoms with E-state index >= 15 is 0 Å². The van der Waals surface area contributed by atoms with Crippen LogP contribution < -0.4 is 15.2 Å². The molecule has 0 aliphatic rings. The lowest BCUT2D eigenvalue weighted by Crippen LogP contribution is -2.21. The van der Waals surface area contributed by atoms with Gasteiger partial charge in [-0.25, -0.2) is 0 Å². The maximum atomic E-state index is 5.92. The van der Waals surface area contributed by atoms with Gasteiger partial charge in [0.2, 0.25) is 0 Å². The number of benzene rings is 1. The molecule has 0 aliphatic heterocycles. The second-order valence-electron chi connectivity index (χ2n) is 3.53. The van der Waals surface area contributed by atoms with E-state index < -0.39 is 0 Å². The average molecular weight is 246 g/mol. The fraction of sp³-hybridized carbons (Fsp3) is 0.500. The molecule has 0 saturated heterocycles. The zero-order valence-corrected chi connectivity index (χ0v) is 10.8. The van der Waals surface area contributed by atoms with Gasteiger partial charge >= 0.3 is 0 Å². The highest BCUT2D eigenvalue weighted by Crippen LogP contribution is 2.31. The van der Waals surface area contributed by atoms with E-state index in [9.17, 15) is 0 Å². The first kappa shape index (κ1) is 15.1. The fourth-order valence-corrected chi connectivity index (χ4v) is 1.54. The molecule has 0 radical (unpaired) electrons. The number of hydrogen-bond acceptors (Lipinski definition) is 3. The summed E-state index contributed by atoms with van der Waals surface area (Å²) in [4.78, 5) is 0. The Morgan fingerprint density at radius 3 is 2.44 bits per heavy atom. The molecule has 4 heteroatoms. The largest absolute Gasteiger partial charge is 0.493 e. The van der Waals surface area contributed by atoms with Crippen molar-refractivity contribution in [2.45, 2.75) is 25.8 Å². The van der Waals surface area contributed by atoms with Crippen molar-refractivity contribution < 1.29 is 9.47 Å². The molecule has 0 spiro atoms. The Hall–Kier alpha value is -0.930. The minimum atomic E-state index is 0. The average Bonchev–Trinajstić information content (AvgIpc) is 2.28. The quantitative estimate of drug-likeness (QED) is 0.867. The van der Waals surface area contributed by atoms with Crippen molar-refractivity contribution in [2.24, 2.45) is 5.73 Å². The third-order valence-corrected chi connectivity index (χ3v) is 2.49. The van der Waals surface area contributed by atoms with E-state index in [0.717, 1.165) is 29.9 Å². The van der Waals surface area contributed by atoms with Crippen LogP contribution in [-0.2, 0) is 6.42 Å². The number of halogens is 1. The van der Waals surface area contributed by atoms with E-state index in [4.69, 9.17) is 15.2 Å². The molecule has 3 nitrogen and oxygen atoms in total. The van der Waals surface area contributed by atoms with Gasteiger partial charge in [0, 0.05) is 6.04 Å². The lowest BCUT2D eigenvalue weighted by molar-refractivity contribution is 0.350. The number of hydrogen-bond donors (Lipinski definition) is 1. The number of para-hydroxylation sites is 1. The smallest absolute Gasteiger partial charge is 0.163 e. The molecule has 1 aromatic carbocycles. The van der Waals surface area contributed by atoms with Gasteiger partial charge in [-0.1, -0.05) is 19.1 Å². The molecule has 0 amide bonds. The SMILES string of the molecule is CCC(N)Cc1cccc(OC)c1OC.Cl. The number of rotatable bonds is 5. The van der Waals surface area contributed by atoms with E-state index in [0.29, 0.717) is 0 Å². The van der Waals surface area contributed by atoms with Gasteiger partial charge in [0.25, 0.3) is 0 Å². The molecule has 1 atom stereocenters. The molecule has 0 fully saturated rings. The van der Waals surface area contributed by atoms with E-state index in [-0.39, 0.29) is 18.4 Å². The maximum absolute atomic E-state index is 5.92. The normalized spacial score (nSPS) is 11.5. The molecule has 0 saturated carbocycles. The van der Waals surface area contributed by atoms with Gasteiger partial charge in [-0.05, 0) is 24.5 Å². The van der Waals surface area contributed by atoms with Gasteiger partial charge in [0.1, 0.15) is 0 Å². The summed E-state index contributed by atoms with van der Waals surface area (Å²) in [5.74, 6) is 1.56. The lowest BCUT2D eigenvalue weighted by Gasteiger charge is -2.14. The van der Waals surface area contributed by atoms with Crippen LogP contribution in [0.1, 0.15) is 18.9 Å². The number of methoxy groups -OCH3 is 2. The van der Waals surface area contributed by atoms with Crippen LogP contribution in [0.2, 0.25) is 0 Å². The van der Waals surface area contributed by atoms with Crippen molar-refractivity contribution >= 4 is 12.4 Å². The predicted octanol–water partition coefficient (Wildman–Crippen LogP) is 2.41. The van der Waals surface area contributed by atoms with Crippen LogP contribution in [0, 0.1) is 0 Å². The summed E-state index contributed by atoms with van der Waals surface area (Å²) in [6, 6.07) is 6.04. The van der Waals surface area contributed by atoms with Gasteiger partial charge in [-0.2, -0.15) is 0 Å². The van der Waals surface area contributed by atoms with Crippen LogP contribution in [0.4, 0.5) is 0 Å². The number of nitrogens with two attached hydrogens (primary N) is 1. The van der Waals surface area contributed by atoms with Crippen LogP contribution in [0.15, 0.2) is 18.2 Å². The first-order valence-electron chi connectivity index (χ1n) is 5.18. The highest BCUT2D eigenvalue weighted by atomic mass is 35.5. The first-order chi connectivity index (χ1) is 7.22. The number of ether oxygens (including phenoxy) is 2. The van der Waals surface area contributed by atoms with Crippen LogP contribution in [0.25, 0.3) is 0 Å². The topological polar surface area (TPSA) is 44.5 Å². The molecule has 1 rings (SSSR count). The molecular formula is C12H20ClNO2. The Morgan fingerprint density at radius 1 is 1.25 bits per heavy atom. The van der Waals surface area contributed by atoms with Crippen molar-refractivity contribution in [2.75, 3.05) is 14.2 Å². The molecule has 1 unspecified atom stereocenters. The summed E-state index contributed by atoms with van der Waals surface area (Å²) < 4.78 is 10.6. The second kappa shape index (κ2) is 7.36. The van der Waals surface area contributed by atoms with Crippen molar-refractivity contribution in [3.63, 3.8) is 0 Å². The summed E-state index contributed by atoms with van der Waals surface area (Å²) in [5.41, 5.74) is 7.03. The van der Waals surface area contributed by atoms with E-state index in [1.807, 2.05) is 18.2 Å². The molecule has 16 heavy (non-hydrogen) atoms. The first-order valence-corrected chi connectivity index (χ1v) is 5.18. The molecule has 0 heterocycles. The van der Waals surface area contributed by atoms with Crippen molar-refractivity contribution in [3.8, 4) is 11.5 Å². The Labute approximate surface area is 103 Å². The molecule has 1 aromatic rings. The minimum absolute atomic E-state index is 0. The molecule has 2 N–H and O–H groups in total. The van der Waals surface area contributed by atoms with Gasteiger partial charge in [-0.3, -0.25) is 0 Å². The van der Waals surface area contributed by atoms with Gasteiger partial charge < -0.3 is 15.2 Å². The summed E-state index contributed by atoms with van der Waals surface area (Å²) >= 11 is 0. The summed E-state index contributed by atoms with van der Waals surface area (Å²) in [6.45, 7) is 2.08. The molecular weight excluding hydrogens is 226 g/mol.